The van der Waals surface area contributed by atoms with Gasteiger partial charge >= 0.3 is 0 Å². The van der Waals surface area contributed by atoms with Crippen LogP contribution in [0.5, 0.6) is 0 Å². The average Bonchev–Trinajstić information content (AvgIpc) is 3.26. The number of aromatic nitrogens is 6. The van der Waals surface area contributed by atoms with Gasteiger partial charge in [0.25, 0.3) is 5.89 Å². The van der Waals surface area contributed by atoms with Gasteiger partial charge in [0, 0.05) is 16.1 Å². The molecule has 4 aromatic rings. The number of rotatable bonds is 4. The van der Waals surface area contributed by atoms with Gasteiger partial charge in [0.1, 0.15) is 6.54 Å². The van der Waals surface area contributed by atoms with Crippen LogP contribution < -0.4 is 0 Å². The van der Waals surface area contributed by atoms with E-state index >= 15 is 0 Å². The molecule has 0 fully saturated rings. The largest absolute Gasteiger partial charge is 0.337 e. The van der Waals surface area contributed by atoms with Crippen LogP contribution >= 0.6 is 11.6 Å². The summed E-state index contributed by atoms with van der Waals surface area (Å²) in [6.07, 6.45) is 0. The molecule has 0 aliphatic carbocycles. The molecule has 2 heterocycles. The number of aryl methyl sites for hydroxylation is 1. The van der Waals surface area contributed by atoms with E-state index in [0.29, 0.717) is 22.6 Å². The molecule has 2 aromatic heterocycles. The second kappa shape index (κ2) is 6.45. The zero-order valence-corrected chi connectivity index (χ0v) is 14.1. The van der Waals surface area contributed by atoms with Crippen molar-refractivity contribution in [3.8, 4) is 22.8 Å². The SMILES string of the molecule is Cc1ccc(-c2noc(Cn3nnc(-c4cccc(Cl)c4)n3)n2)cc1. The fourth-order valence-electron chi connectivity index (χ4n) is 2.31. The molecule has 124 valence electrons. The van der Waals surface area contributed by atoms with E-state index in [1.54, 1.807) is 12.1 Å². The van der Waals surface area contributed by atoms with E-state index in [2.05, 4.69) is 25.6 Å². The predicted molar refractivity (Wildman–Crippen MR) is 91.8 cm³/mol. The van der Waals surface area contributed by atoms with Crippen molar-refractivity contribution in [2.24, 2.45) is 0 Å². The van der Waals surface area contributed by atoms with E-state index in [4.69, 9.17) is 16.1 Å². The molecule has 25 heavy (non-hydrogen) atoms. The van der Waals surface area contributed by atoms with Crippen molar-refractivity contribution in [3.63, 3.8) is 0 Å². The van der Waals surface area contributed by atoms with Crippen molar-refractivity contribution in [2.45, 2.75) is 13.5 Å². The van der Waals surface area contributed by atoms with Crippen LogP contribution in [0.1, 0.15) is 11.5 Å². The Morgan fingerprint density at radius 1 is 1.04 bits per heavy atom. The van der Waals surface area contributed by atoms with Crippen LogP contribution in [0.25, 0.3) is 22.8 Å². The predicted octanol–water partition coefficient (Wildman–Crippen LogP) is 3.40. The lowest BCUT2D eigenvalue weighted by atomic mass is 10.1. The molecule has 2 aromatic carbocycles. The third kappa shape index (κ3) is 3.41. The Kier molecular flexibility index (Phi) is 3.99. The average molecular weight is 353 g/mol. The maximum absolute atomic E-state index is 5.99. The summed E-state index contributed by atoms with van der Waals surface area (Å²) in [6.45, 7) is 2.27. The second-order valence-corrected chi connectivity index (χ2v) is 5.97. The summed E-state index contributed by atoms with van der Waals surface area (Å²) in [4.78, 5) is 5.78. The minimum atomic E-state index is 0.242. The Labute approximate surface area is 148 Å². The van der Waals surface area contributed by atoms with Gasteiger partial charge in [-0.3, -0.25) is 0 Å². The summed E-state index contributed by atoms with van der Waals surface area (Å²) in [7, 11) is 0. The van der Waals surface area contributed by atoms with Gasteiger partial charge in [-0.2, -0.15) is 9.78 Å². The van der Waals surface area contributed by atoms with Gasteiger partial charge in [-0.05, 0) is 24.3 Å². The molecular formula is C17H13ClN6O. The summed E-state index contributed by atoms with van der Waals surface area (Å²) in [5.74, 6) is 1.43. The van der Waals surface area contributed by atoms with Crippen molar-refractivity contribution in [2.75, 3.05) is 0 Å². The van der Waals surface area contributed by atoms with Crippen molar-refractivity contribution in [1.29, 1.82) is 0 Å². The molecule has 0 saturated heterocycles. The van der Waals surface area contributed by atoms with E-state index in [0.717, 1.165) is 11.1 Å². The topological polar surface area (TPSA) is 82.5 Å². The lowest BCUT2D eigenvalue weighted by Gasteiger charge is -1.95. The van der Waals surface area contributed by atoms with Crippen LogP contribution in [-0.4, -0.2) is 30.3 Å². The van der Waals surface area contributed by atoms with E-state index in [1.807, 2.05) is 43.3 Å². The minimum absolute atomic E-state index is 0.242. The molecule has 0 spiro atoms. The van der Waals surface area contributed by atoms with Gasteiger partial charge in [-0.1, -0.05) is 58.7 Å². The van der Waals surface area contributed by atoms with Crippen molar-refractivity contribution < 1.29 is 4.52 Å². The van der Waals surface area contributed by atoms with Crippen LogP contribution in [0.3, 0.4) is 0 Å². The van der Waals surface area contributed by atoms with E-state index < -0.39 is 0 Å². The molecule has 4 rings (SSSR count). The standard InChI is InChI=1S/C17H13ClN6O/c1-11-5-7-12(8-6-11)16-19-15(25-22-16)10-24-21-17(20-23-24)13-3-2-4-14(18)9-13/h2-9H,10H2,1H3. The van der Waals surface area contributed by atoms with Crippen molar-refractivity contribution in [3.05, 3.63) is 65.0 Å². The Morgan fingerprint density at radius 3 is 2.68 bits per heavy atom. The molecule has 0 unspecified atom stereocenters. The lowest BCUT2D eigenvalue weighted by Crippen LogP contribution is -2.04. The molecule has 0 atom stereocenters. The maximum atomic E-state index is 5.99. The number of tetrazole rings is 1. The van der Waals surface area contributed by atoms with E-state index in [1.165, 1.54) is 10.4 Å². The molecule has 0 aliphatic heterocycles. The molecule has 7 nitrogen and oxygen atoms in total. The lowest BCUT2D eigenvalue weighted by molar-refractivity contribution is 0.356. The zero-order chi connectivity index (χ0) is 17.2. The minimum Gasteiger partial charge on any atom is -0.337 e. The third-order valence-electron chi connectivity index (χ3n) is 3.59. The maximum Gasteiger partial charge on any atom is 0.250 e. The number of nitrogens with zero attached hydrogens (tertiary/aromatic N) is 6. The third-order valence-corrected chi connectivity index (χ3v) is 3.83. The van der Waals surface area contributed by atoms with E-state index in [-0.39, 0.29) is 6.54 Å². The van der Waals surface area contributed by atoms with Crippen molar-refractivity contribution >= 4 is 11.6 Å². The van der Waals surface area contributed by atoms with E-state index in [9.17, 15) is 0 Å². The first-order chi connectivity index (χ1) is 12.2. The van der Waals surface area contributed by atoms with Gasteiger partial charge in [0.05, 0.1) is 0 Å². The Balaban J connectivity index is 1.52. The number of hydrogen-bond acceptors (Lipinski definition) is 6. The molecule has 0 bridgehead atoms. The Morgan fingerprint density at radius 2 is 1.88 bits per heavy atom. The van der Waals surface area contributed by atoms with Crippen LogP contribution in [0.15, 0.2) is 53.1 Å². The van der Waals surface area contributed by atoms with Crippen LogP contribution in [0, 0.1) is 6.92 Å². The molecule has 0 saturated carbocycles. The fraction of sp³-hybridized carbons (Fsp3) is 0.118. The van der Waals surface area contributed by atoms with Crippen LogP contribution in [-0.2, 0) is 6.54 Å². The first kappa shape index (κ1) is 15.5. The van der Waals surface area contributed by atoms with Gasteiger partial charge in [-0.25, -0.2) is 0 Å². The zero-order valence-electron chi connectivity index (χ0n) is 13.3. The highest BCUT2D eigenvalue weighted by molar-refractivity contribution is 6.30. The fourth-order valence-corrected chi connectivity index (χ4v) is 2.50. The highest BCUT2D eigenvalue weighted by Gasteiger charge is 2.12. The number of halogens is 1. The molecular weight excluding hydrogens is 340 g/mol. The molecule has 0 amide bonds. The van der Waals surface area contributed by atoms with Crippen LogP contribution in [0.4, 0.5) is 0 Å². The summed E-state index contributed by atoms with van der Waals surface area (Å²) < 4.78 is 5.28. The second-order valence-electron chi connectivity index (χ2n) is 5.53. The Bertz CT molecular complexity index is 1010. The quantitative estimate of drug-likeness (QED) is 0.559. The van der Waals surface area contributed by atoms with Gasteiger partial charge in [-0.15, -0.1) is 10.2 Å². The summed E-state index contributed by atoms with van der Waals surface area (Å²) >= 11 is 5.99. The highest BCUT2D eigenvalue weighted by Crippen LogP contribution is 2.19. The smallest absolute Gasteiger partial charge is 0.250 e. The first-order valence-electron chi connectivity index (χ1n) is 7.61. The van der Waals surface area contributed by atoms with Crippen molar-refractivity contribution in [1.82, 2.24) is 30.3 Å². The van der Waals surface area contributed by atoms with Crippen LogP contribution in [0.2, 0.25) is 5.02 Å². The Hall–Kier alpha value is -3.06. The normalized spacial score (nSPS) is 11.0. The number of hydrogen-bond donors (Lipinski definition) is 0. The summed E-state index contributed by atoms with van der Waals surface area (Å²) in [5.41, 5.74) is 2.87. The molecule has 0 aliphatic rings. The summed E-state index contributed by atoms with van der Waals surface area (Å²) in [6, 6.07) is 15.2. The van der Waals surface area contributed by atoms with Gasteiger partial charge in [0.15, 0.2) is 0 Å². The number of benzene rings is 2. The van der Waals surface area contributed by atoms with Gasteiger partial charge in [0.2, 0.25) is 11.6 Å². The highest BCUT2D eigenvalue weighted by atomic mass is 35.5. The first-order valence-corrected chi connectivity index (χ1v) is 7.98. The molecule has 0 N–H and O–H groups in total. The molecule has 8 heteroatoms. The summed E-state index contributed by atoms with van der Waals surface area (Å²) in [5, 5.41) is 17.0. The van der Waals surface area contributed by atoms with Gasteiger partial charge < -0.3 is 4.52 Å². The monoisotopic (exact) mass is 352 g/mol. The molecule has 0 radical (unpaired) electrons.